The quantitative estimate of drug-likeness (QED) is 0.651. The van der Waals surface area contributed by atoms with Gasteiger partial charge >= 0.3 is 6.18 Å². The van der Waals surface area contributed by atoms with Gasteiger partial charge in [-0.15, -0.1) is 10.2 Å². The molecule has 5 rings (SSSR count). The van der Waals surface area contributed by atoms with Crippen LogP contribution in [0.3, 0.4) is 0 Å². The predicted molar refractivity (Wildman–Crippen MR) is 97.1 cm³/mol. The molecule has 0 amide bonds. The van der Waals surface area contributed by atoms with Crippen LogP contribution >= 0.6 is 11.3 Å². The Balaban J connectivity index is 1.41. The zero-order valence-corrected chi connectivity index (χ0v) is 15.3. The fourth-order valence-corrected chi connectivity index (χ4v) is 4.75. The molecule has 1 saturated heterocycles. The number of rotatable bonds is 3. The maximum atomic E-state index is 12.9. The van der Waals surface area contributed by atoms with Crippen LogP contribution in [0.25, 0.3) is 10.2 Å². The minimum Gasteiger partial charge on any atom is -0.347 e. The summed E-state index contributed by atoms with van der Waals surface area (Å²) in [5, 5.41) is 9.24. The standard InChI is InChI=1S/C18H18F3N5S/c19-18(20,21)12-3-6-15-14(8-12)23-17(27-15)25-7-1-2-11(9-25)16-24-22-10-26(16)13-4-5-13/h3,6,8,10-11,13H,1-2,4-5,7,9H2. The summed E-state index contributed by atoms with van der Waals surface area (Å²) in [7, 11) is 0. The smallest absolute Gasteiger partial charge is 0.347 e. The van der Waals surface area contributed by atoms with Crippen molar-refractivity contribution in [2.24, 2.45) is 0 Å². The first-order valence-corrected chi connectivity index (χ1v) is 9.93. The van der Waals surface area contributed by atoms with Crippen LogP contribution in [0.5, 0.6) is 0 Å². The summed E-state index contributed by atoms with van der Waals surface area (Å²) in [6.07, 6.45) is 1.89. The lowest BCUT2D eigenvalue weighted by Gasteiger charge is -2.32. The molecule has 2 aromatic heterocycles. The second-order valence-electron chi connectivity index (χ2n) is 7.29. The molecule has 0 bridgehead atoms. The number of nitrogens with zero attached hydrogens (tertiary/aromatic N) is 5. The fourth-order valence-electron chi connectivity index (χ4n) is 3.77. The molecule has 3 heterocycles. The molecule has 0 N–H and O–H groups in total. The van der Waals surface area contributed by atoms with Crippen molar-refractivity contribution in [1.82, 2.24) is 19.7 Å². The van der Waals surface area contributed by atoms with E-state index >= 15 is 0 Å². The van der Waals surface area contributed by atoms with Crippen molar-refractivity contribution in [2.75, 3.05) is 18.0 Å². The first-order valence-electron chi connectivity index (χ1n) is 9.11. The summed E-state index contributed by atoms with van der Waals surface area (Å²) in [5.74, 6) is 1.31. The molecule has 27 heavy (non-hydrogen) atoms. The number of halogens is 3. The van der Waals surface area contributed by atoms with Gasteiger partial charge in [0.2, 0.25) is 0 Å². The molecule has 9 heteroatoms. The summed E-state index contributed by atoms with van der Waals surface area (Å²) >= 11 is 1.45. The molecule has 142 valence electrons. The average molecular weight is 393 g/mol. The van der Waals surface area contributed by atoms with E-state index in [0.717, 1.165) is 53.7 Å². The number of benzene rings is 1. The number of piperidine rings is 1. The van der Waals surface area contributed by atoms with Crippen LogP contribution in [-0.2, 0) is 6.18 Å². The maximum absolute atomic E-state index is 12.9. The number of aromatic nitrogens is 4. The molecule has 1 atom stereocenters. The summed E-state index contributed by atoms with van der Waals surface area (Å²) in [6, 6.07) is 4.32. The third-order valence-electron chi connectivity index (χ3n) is 5.30. The van der Waals surface area contributed by atoms with Crippen LogP contribution in [0.2, 0.25) is 0 Å². The SMILES string of the molecule is FC(F)(F)c1ccc2sc(N3CCCC(c4nncn4C4CC4)C3)nc2c1. The van der Waals surface area contributed by atoms with E-state index in [-0.39, 0.29) is 5.92 Å². The van der Waals surface area contributed by atoms with E-state index in [4.69, 9.17) is 0 Å². The van der Waals surface area contributed by atoms with Gasteiger partial charge in [0, 0.05) is 25.0 Å². The highest BCUT2D eigenvalue weighted by atomic mass is 32.1. The summed E-state index contributed by atoms with van der Waals surface area (Å²) in [5.41, 5.74) is -0.242. The predicted octanol–water partition coefficient (Wildman–Crippen LogP) is 4.63. The van der Waals surface area contributed by atoms with Gasteiger partial charge in [-0.2, -0.15) is 13.2 Å². The molecule has 0 spiro atoms. The number of alkyl halides is 3. The number of thiazole rings is 1. The van der Waals surface area contributed by atoms with Gasteiger partial charge in [-0.1, -0.05) is 11.3 Å². The second-order valence-corrected chi connectivity index (χ2v) is 8.30. The molecular weight excluding hydrogens is 375 g/mol. The minimum atomic E-state index is -4.35. The monoisotopic (exact) mass is 393 g/mol. The van der Waals surface area contributed by atoms with Gasteiger partial charge in [0.15, 0.2) is 5.13 Å². The lowest BCUT2D eigenvalue weighted by molar-refractivity contribution is -0.137. The number of hydrogen-bond donors (Lipinski definition) is 0. The van der Waals surface area contributed by atoms with E-state index in [1.165, 1.54) is 30.2 Å². The largest absolute Gasteiger partial charge is 0.416 e. The van der Waals surface area contributed by atoms with Crippen LogP contribution in [-0.4, -0.2) is 32.8 Å². The highest BCUT2D eigenvalue weighted by molar-refractivity contribution is 7.22. The van der Waals surface area contributed by atoms with Crippen molar-refractivity contribution >= 4 is 26.7 Å². The fraction of sp³-hybridized carbons (Fsp3) is 0.500. The summed E-state index contributed by atoms with van der Waals surface area (Å²) in [6.45, 7) is 1.64. The van der Waals surface area contributed by atoms with Crippen LogP contribution in [0.4, 0.5) is 18.3 Å². The van der Waals surface area contributed by atoms with Crippen molar-refractivity contribution in [2.45, 2.75) is 43.8 Å². The van der Waals surface area contributed by atoms with E-state index in [2.05, 4.69) is 24.6 Å². The average Bonchev–Trinajstić information content (AvgIpc) is 3.21. The van der Waals surface area contributed by atoms with E-state index in [1.54, 1.807) is 0 Å². The van der Waals surface area contributed by atoms with Crippen molar-refractivity contribution in [3.05, 3.63) is 35.9 Å². The normalized spacial score (nSPS) is 21.1. The molecular formula is C18H18F3N5S. The number of fused-ring (bicyclic) bond motifs is 1. The third-order valence-corrected chi connectivity index (χ3v) is 6.40. The van der Waals surface area contributed by atoms with Crippen molar-refractivity contribution in [3.63, 3.8) is 0 Å². The Hall–Kier alpha value is -2.16. The van der Waals surface area contributed by atoms with E-state index in [1.807, 2.05) is 6.33 Å². The maximum Gasteiger partial charge on any atom is 0.416 e. The van der Waals surface area contributed by atoms with Crippen LogP contribution in [0.15, 0.2) is 24.5 Å². The van der Waals surface area contributed by atoms with Gasteiger partial charge in [0.05, 0.1) is 15.8 Å². The second kappa shape index (κ2) is 6.19. The van der Waals surface area contributed by atoms with Crippen LogP contribution < -0.4 is 4.90 Å². The van der Waals surface area contributed by atoms with Crippen molar-refractivity contribution in [3.8, 4) is 0 Å². The lowest BCUT2D eigenvalue weighted by atomic mass is 9.97. The summed E-state index contributed by atoms with van der Waals surface area (Å²) in [4.78, 5) is 6.68. The molecule has 1 unspecified atom stereocenters. The Morgan fingerprint density at radius 2 is 2.00 bits per heavy atom. The molecule has 3 aromatic rings. The molecule has 0 radical (unpaired) electrons. The molecule has 1 aliphatic carbocycles. The van der Waals surface area contributed by atoms with E-state index < -0.39 is 11.7 Å². The molecule has 1 saturated carbocycles. The molecule has 2 aliphatic rings. The van der Waals surface area contributed by atoms with Crippen LogP contribution in [0.1, 0.15) is 49.0 Å². The lowest BCUT2D eigenvalue weighted by Crippen LogP contribution is -2.35. The Kier molecular flexibility index (Phi) is 3.89. The van der Waals surface area contributed by atoms with Gasteiger partial charge in [-0.05, 0) is 43.9 Å². The van der Waals surface area contributed by atoms with Gasteiger partial charge in [-0.25, -0.2) is 4.98 Å². The Morgan fingerprint density at radius 1 is 1.15 bits per heavy atom. The Labute approximate surface area is 157 Å². The summed E-state index contributed by atoms with van der Waals surface area (Å²) < 4.78 is 41.8. The molecule has 1 aromatic carbocycles. The Bertz CT molecular complexity index is 975. The van der Waals surface area contributed by atoms with Gasteiger partial charge in [-0.3, -0.25) is 0 Å². The number of anilines is 1. The van der Waals surface area contributed by atoms with Gasteiger partial charge in [0.1, 0.15) is 12.2 Å². The zero-order chi connectivity index (χ0) is 18.6. The minimum absolute atomic E-state index is 0.277. The molecule has 5 nitrogen and oxygen atoms in total. The van der Waals surface area contributed by atoms with E-state index in [0.29, 0.717) is 11.6 Å². The number of hydrogen-bond acceptors (Lipinski definition) is 5. The van der Waals surface area contributed by atoms with Gasteiger partial charge in [0.25, 0.3) is 0 Å². The first kappa shape index (κ1) is 17.0. The van der Waals surface area contributed by atoms with Crippen molar-refractivity contribution < 1.29 is 13.2 Å². The van der Waals surface area contributed by atoms with Crippen molar-refractivity contribution in [1.29, 1.82) is 0 Å². The topological polar surface area (TPSA) is 46.8 Å². The van der Waals surface area contributed by atoms with Crippen LogP contribution in [0, 0.1) is 0 Å². The highest BCUT2D eigenvalue weighted by Gasteiger charge is 2.33. The molecule has 1 aliphatic heterocycles. The highest BCUT2D eigenvalue weighted by Crippen LogP contribution is 2.40. The van der Waals surface area contributed by atoms with E-state index in [9.17, 15) is 13.2 Å². The molecule has 2 fully saturated rings. The first-order chi connectivity index (χ1) is 13.0. The zero-order valence-electron chi connectivity index (χ0n) is 14.5. The Morgan fingerprint density at radius 3 is 2.78 bits per heavy atom. The van der Waals surface area contributed by atoms with Gasteiger partial charge < -0.3 is 9.47 Å². The third kappa shape index (κ3) is 3.18.